The van der Waals surface area contributed by atoms with Crippen molar-refractivity contribution in [1.29, 1.82) is 0 Å². The molecule has 10 rings (SSSR count). The van der Waals surface area contributed by atoms with Gasteiger partial charge in [0.25, 0.3) is 0 Å². The highest BCUT2D eigenvalue weighted by Crippen LogP contribution is 2.49. The Hall–Kier alpha value is -14.4. The minimum atomic E-state index is -0.727. The first-order valence-electron chi connectivity index (χ1n) is 23.8. The lowest BCUT2D eigenvalue weighted by Crippen LogP contribution is -2.70. The lowest BCUT2D eigenvalue weighted by Gasteiger charge is -2.39. The largest absolute Gasteiger partial charge is 0.553 e. The van der Waals surface area contributed by atoms with E-state index in [-0.39, 0.29) is 59.9 Å². The quantitative estimate of drug-likeness (QED) is 0.148. The van der Waals surface area contributed by atoms with Gasteiger partial charge in [0.2, 0.25) is 22.8 Å². The fraction of sp³-hybridized carbons (Fsp3) is 0.0263. The van der Waals surface area contributed by atoms with Crippen molar-refractivity contribution in [1.82, 2.24) is 9.13 Å². The van der Waals surface area contributed by atoms with E-state index in [1.807, 2.05) is 12.1 Å². The molecule has 0 radical (unpaired) electrons. The molecule has 0 saturated carbocycles. The minimum Gasteiger partial charge on any atom is -0.407 e. The Kier molecular flexibility index (Phi) is 15.2. The Balaban J connectivity index is -0.0000000622. The van der Waals surface area contributed by atoms with Crippen molar-refractivity contribution < 1.29 is 73.8 Å². The summed E-state index contributed by atoms with van der Waals surface area (Å²) in [6.45, 7) is 2.13. The normalized spacial score (nSPS) is 12.7. The predicted molar refractivity (Wildman–Crippen MR) is 403 cm³/mol. The average Bonchev–Trinajstić information content (AvgIpc) is 1.51. The summed E-state index contributed by atoms with van der Waals surface area (Å²) in [6, 6.07) is 25.8. The van der Waals surface area contributed by atoms with Gasteiger partial charge in [-0.05, 0) is 102 Å². The molecule has 6 aliphatic rings. The van der Waals surface area contributed by atoms with Crippen LogP contribution in [-0.4, -0.2) is 29.7 Å². The third kappa shape index (κ3) is 10.8. The number of hydrogen-bond acceptors (Lipinski definition) is 1. The van der Waals surface area contributed by atoms with Crippen LogP contribution in [0.25, 0.3) is 23.3 Å². The van der Waals surface area contributed by atoms with Crippen LogP contribution in [0.2, 0.25) is 0 Å². The Labute approximate surface area is 532 Å². The van der Waals surface area contributed by atoms with Crippen molar-refractivity contribution in [3.05, 3.63) is 147 Å². The molecule has 8 heterocycles. The van der Waals surface area contributed by atoms with Crippen molar-refractivity contribution in [2.24, 2.45) is 0 Å². The van der Waals surface area contributed by atoms with E-state index < -0.39 is 5.91 Å². The molecule has 6 aliphatic heterocycles. The molecule has 4 aromatic rings. The van der Waals surface area contributed by atoms with Crippen molar-refractivity contribution in [3.8, 4) is 255 Å². The smallest absolute Gasteiger partial charge is 0.407 e. The summed E-state index contributed by atoms with van der Waals surface area (Å²) in [5.41, 5.74) is 12.7. The van der Waals surface area contributed by atoms with Gasteiger partial charge in [-0.25, -0.2) is 0 Å². The number of aryl methyl sites for hydroxylation is 1. The van der Waals surface area contributed by atoms with E-state index in [0.29, 0.717) is 5.75 Å². The summed E-state index contributed by atoms with van der Waals surface area (Å²) in [5, 5.41) is 2.33. The average molecular weight is 1090 g/mol. The van der Waals surface area contributed by atoms with Crippen LogP contribution in [0.4, 0.5) is 0 Å². The summed E-state index contributed by atoms with van der Waals surface area (Å²) in [6.07, 6.45) is 21.2. The zero-order chi connectivity index (χ0) is 55.3. The monoisotopic (exact) mass is 1090 g/mol. The van der Waals surface area contributed by atoms with Crippen molar-refractivity contribution in [3.63, 3.8) is 0 Å². The lowest BCUT2D eigenvalue weighted by atomic mass is 9.95. The van der Waals surface area contributed by atoms with Crippen LogP contribution >= 0.6 is 0 Å². The molecular weight excluding hydrogens is 985 g/mol. The number of benzene rings is 2. The molecule has 0 bridgehead atoms. The van der Waals surface area contributed by atoms with Crippen LogP contribution in [0.3, 0.4) is 0 Å². The van der Waals surface area contributed by atoms with Gasteiger partial charge >= 0.3 is 5.91 Å². The summed E-state index contributed by atoms with van der Waals surface area (Å²) in [4.78, 5) is 0. The van der Waals surface area contributed by atoms with Crippen LogP contribution in [0.1, 0.15) is 88.0 Å². The highest BCUT2D eigenvalue weighted by Gasteiger charge is 2.71. The van der Waals surface area contributed by atoms with E-state index in [1.54, 1.807) is 0 Å². The molecule has 2 aromatic heterocycles. The molecule has 0 N–H and O–H groups in total. The Morgan fingerprint density at radius 2 is 0.877 bits per heavy atom. The van der Waals surface area contributed by atoms with E-state index in [0.717, 1.165) is 45.0 Å². The highest BCUT2D eigenvalue weighted by molar-refractivity contribution is 6.28. The first-order chi connectivity index (χ1) is 40.2. The molecule has 0 aliphatic carbocycles. The fourth-order valence-electron chi connectivity index (χ4n) is 8.85. The maximum absolute atomic E-state index is 5.73. The van der Waals surface area contributed by atoms with E-state index in [9.17, 15) is 0 Å². The van der Waals surface area contributed by atoms with Crippen LogP contribution in [0.5, 0.6) is 5.75 Å². The molecule has 1 spiro atoms. The summed E-state index contributed by atoms with van der Waals surface area (Å²) in [5.74, 6) is 101. The molecule has 0 fully saturated rings. The standard InChI is InChI=1S/C76H22N4O.42H2/c1-3-4-5-6-7-8-9-10-11-12-13-14-15-16-17-18-19-20-21-22-23-24-25-26-27-28-29-30-31-32-33-34-35-36-37-38-39-40-41-42-59-81-69-53-47-64(48-54-69)75-72-57-51-67-60-65-49-55-70-74(63-45-43-62(2)44-46-63)71-56-50-66-61-68-52-58-73(75)80(68)76(77(65)70,78(66)71)79(67)72;;;;;;;;;;;;;;;;;;;;;;;;;;;;;;;;;;;;;;;;;;/h1,43-58,60-61H,2H3;42*1H/q+2;;;;;;;;;;;;;;;;;;;;;;;;;;;;;;;;;;;;;;;;;;/t76-;;;;;;;;;;;;;;;;;;;;;;;;;;;;;;;;;;;;;;;;;;/m0........................................../s1. The fourth-order valence-corrected chi connectivity index (χ4v) is 8.85. The molecule has 0 unspecified atom stereocenters. The second kappa shape index (κ2) is 24.5. The van der Waals surface area contributed by atoms with Gasteiger partial charge in [0.05, 0.1) is 33.2 Å². The summed E-state index contributed by atoms with van der Waals surface area (Å²) < 4.78 is 15.8. The molecule has 2 aromatic carbocycles. The van der Waals surface area contributed by atoms with Gasteiger partial charge in [0.1, 0.15) is 11.9 Å². The second-order valence-corrected chi connectivity index (χ2v) is 16.2. The van der Waals surface area contributed by atoms with E-state index >= 15 is 0 Å². The molecule has 0 saturated heterocycles. The van der Waals surface area contributed by atoms with Gasteiger partial charge in [0, 0.05) is 286 Å². The van der Waals surface area contributed by atoms with Gasteiger partial charge in [-0.1, -0.05) is 51.1 Å². The van der Waals surface area contributed by atoms with E-state index in [1.165, 1.54) is 27.8 Å². The van der Waals surface area contributed by atoms with Crippen LogP contribution < -0.4 is 15.4 Å². The number of hydrogen-bond donors (Lipinski definition) is 0. The van der Waals surface area contributed by atoms with Crippen molar-refractivity contribution in [2.45, 2.75) is 12.8 Å². The van der Waals surface area contributed by atoms with Gasteiger partial charge in [0.15, 0.2) is 0 Å². The number of aromatic nitrogens is 2. The maximum Gasteiger partial charge on any atom is 0.553 e. The summed E-state index contributed by atoms with van der Waals surface area (Å²) in [7, 11) is 0. The van der Waals surface area contributed by atoms with Crippen LogP contribution in [0, 0.1) is 256 Å². The lowest BCUT2D eigenvalue weighted by molar-refractivity contribution is -0.834. The SMILES string of the molecule is C#CC#CC#CC#CC#CC#CC#CC#CC#CC#CC#CC#CC#CC#CC#CC#CC#CC#CC#CC#CC#COc1ccc(C2=C3C=CC4=[N+]3[C@@]35n6c(ccc62)C=C2C=CC(=[N+]23)C(c2ccc(C)cc2)=c2ccc(n25)=C4)cc1.[HH].[HH].[HH].[HH].[HH].[HH].[HH].[HH].[HH].[HH].[HH].[HH].[HH].[HH].[HH].[HH].[HH].[HH].[HH].[HH].[HH].[HH].[HH].[HH].[HH].[HH].[HH].[HH].[HH].[HH].[HH].[HH].[HH].[HH].[HH].[HH].[HH].[HH].[HH].[HH].[HH].[HH]. The van der Waals surface area contributed by atoms with Gasteiger partial charge in [-0.15, -0.1) is 6.42 Å². The zero-order valence-corrected chi connectivity index (χ0v) is 42.2. The molecule has 434 valence electrons. The Morgan fingerprint density at radius 1 is 0.420 bits per heavy atom. The first-order valence-corrected chi connectivity index (χ1v) is 23.8. The third-order valence-corrected chi connectivity index (χ3v) is 11.6. The second-order valence-electron chi connectivity index (χ2n) is 16.2. The predicted octanol–water partition coefficient (Wildman–Crippen LogP) is 14.3. The molecule has 81 heavy (non-hydrogen) atoms. The molecule has 5 nitrogen and oxygen atoms in total. The van der Waals surface area contributed by atoms with E-state index in [2.05, 4.69) is 365 Å². The minimum absolute atomic E-state index is 0. The molecule has 5 heteroatoms. The van der Waals surface area contributed by atoms with Crippen molar-refractivity contribution in [2.75, 3.05) is 0 Å². The zero-order valence-electron chi connectivity index (χ0n) is 42.2. The van der Waals surface area contributed by atoms with Gasteiger partial charge < -0.3 is 4.74 Å². The van der Waals surface area contributed by atoms with Gasteiger partial charge in [-0.2, -0.15) is 9.13 Å². The first kappa shape index (κ1) is 50.1. The number of ether oxygens (including phenoxy) is 1. The van der Waals surface area contributed by atoms with E-state index in [4.69, 9.17) is 11.2 Å². The Morgan fingerprint density at radius 3 is 1.37 bits per heavy atom. The summed E-state index contributed by atoms with van der Waals surface area (Å²) >= 11 is 0. The topological polar surface area (TPSA) is 25.1 Å². The molecule has 0 amide bonds. The number of terminal acetylenes is 1. The highest BCUT2D eigenvalue weighted by atomic mass is 16.5. The van der Waals surface area contributed by atoms with Crippen molar-refractivity contribution >= 4 is 34.7 Å². The number of nitrogens with zero attached hydrogens (tertiary/aromatic N) is 4. The molecular formula is C76H106N4O+2. The van der Waals surface area contributed by atoms with Crippen LogP contribution in [0.15, 0.2) is 108 Å². The molecule has 1 atom stereocenters. The van der Waals surface area contributed by atoms with Crippen LogP contribution in [-0.2, 0) is 5.91 Å². The number of rotatable bonds is 3. The number of allylic oxidation sites excluding steroid dienone is 4. The third-order valence-electron chi connectivity index (χ3n) is 11.6. The maximum atomic E-state index is 5.73. The Bertz CT molecular complexity index is 5540. The van der Waals surface area contributed by atoms with Gasteiger partial charge in [-0.3, -0.25) is 0 Å².